The maximum atomic E-state index is 13.2. The number of rotatable bonds is 17. The van der Waals surface area contributed by atoms with Gasteiger partial charge in [-0.2, -0.15) is 5.26 Å². The first-order valence-corrected chi connectivity index (χ1v) is 25.5. The number of hydrogen-bond donors (Lipinski definition) is 6. The van der Waals surface area contributed by atoms with Gasteiger partial charge in [-0.05, 0) is 101 Å². The molecule has 5 heterocycles. The molecule has 2 amide bonds. The predicted octanol–water partition coefficient (Wildman–Crippen LogP) is 4.67. The molecule has 0 spiro atoms. The van der Waals surface area contributed by atoms with Crippen LogP contribution >= 0.6 is 23.4 Å². The molecule has 18 heteroatoms. The number of piperidine rings is 1. The van der Waals surface area contributed by atoms with Crippen LogP contribution in [-0.2, 0) is 19.1 Å². The van der Waals surface area contributed by atoms with Gasteiger partial charge in [0.2, 0.25) is 11.8 Å². The maximum Gasteiger partial charge on any atom is 0.238 e. The van der Waals surface area contributed by atoms with Crippen molar-refractivity contribution in [1.82, 2.24) is 42.1 Å². The second-order valence-corrected chi connectivity index (χ2v) is 20.5. The Morgan fingerprint density at radius 3 is 2.45 bits per heavy atom. The lowest BCUT2D eigenvalue weighted by Crippen LogP contribution is -2.63. The molecule has 1 aliphatic carbocycles. The first kappa shape index (κ1) is 48.9. The number of nitriles is 1. The summed E-state index contributed by atoms with van der Waals surface area (Å²) in [5.41, 5.74) is 16.1. The molecule has 1 saturated carbocycles. The van der Waals surface area contributed by atoms with E-state index in [4.69, 9.17) is 40.8 Å². The molecular formula is C48H69ClN10O6S. The van der Waals surface area contributed by atoms with Crippen molar-refractivity contribution in [3.05, 3.63) is 58.6 Å². The lowest BCUT2D eigenvalue weighted by Gasteiger charge is -2.41. The molecule has 6 aliphatic rings. The van der Waals surface area contributed by atoms with E-state index >= 15 is 0 Å². The van der Waals surface area contributed by atoms with E-state index in [1.807, 2.05) is 30.8 Å². The largest absolute Gasteiger partial charge is 0.491 e. The molecule has 4 saturated heterocycles. The summed E-state index contributed by atoms with van der Waals surface area (Å²) >= 11 is 8.18. The topological polar surface area (TPSA) is 186 Å². The lowest BCUT2D eigenvalue weighted by atomic mass is 9.84. The van der Waals surface area contributed by atoms with E-state index in [2.05, 4.69) is 81.1 Å². The highest BCUT2D eigenvalue weighted by Crippen LogP contribution is 2.49. The van der Waals surface area contributed by atoms with Gasteiger partial charge in [0, 0.05) is 48.6 Å². The molecule has 5 aliphatic heterocycles. The van der Waals surface area contributed by atoms with Gasteiger partial charge in [-0.3, -0.25) is 24.4 Å². The minimum Gasteiger partial charge on any atom is -0.491 e. The van der Waals surface area contributed by atoms with E-state index in [0.29, 0.717) is 66.9 Å². The van der Waals surface area contributed by atoms with Crippen LogP contribution in [0.4, 0.5) is 0 Å². The van der Waals surface area contributed by atoms with Gasteiger partial charge in [0.25, 0.3) is 0 Å². The maximum absolute atomic E-state index is 13.2. The summed E-state index contributed by atoms with van der Waals surface area (Å²) in [5.74, 6) is 2.10. The molecule has 2 aromatic rings. The molecule has 8 unspecified atom stereocenters. The number of carbonyl (C=O) groups is 2. The first-order valence-electron chi connectivity index (χ1n) is 24.2. The van der Waals surface area contributed by atoms with Crippen molar-refractivity contribution in [3.63, 3.8) is 0 Å². The minimum atomic E-state index is -0.265. The molecule has 2 aromatic carbocycles. The fraction of sp³-hybridized carbons (Fsp3) is 0.667. The first-order chi connectivity index (χ1) is 32.1. The second kappa shape index (κ2) is 23.2. The molecule has 360 valence electrons. The number of benzene rings is 2. The molecule has 9 atom stereocenters. The van der Waals surface area contributed by atoms with Crippen LogP contribution in [0.15, 0.2) is 47.5 Å². The number of aliphatic imine (C=N–C) groups is 1. The summed E-state index contributed by atoms with van der Waals surface area (Å²) in [6.45, 7) is 13.1. The Morgan fingerprint density at radius 2 is 1.71 bits per heavy atom. The number of halogens is 1. The zero-order valence-corrected chi connectivity index (χ0v) is 40.4. The molecule has 0 aromatic heterocycles. The smallest absolute Gasteiger partial charge is 0.238 e. The molecule has 8 rings (SSSR count). The fourth-order valence-corrected chi connectivity index (χ4v) is 12.5. The van der Waals surface area contributed by atoms with Crippen LogP contribution in [-0.4, -0.2) is 133 Å². The van der Waals surface area contributed by atoms with Crippen molar-refractivity contribution in [2.75, 3.05) is 46.1 Å². The normalized spacial score (nSPS) is 31.8. The van der Waals surface area contributed by atoms with E-state index in [1.54, 1.807) is 18.2 Å². The van der Waals surface area contributed by atoms with Gasteiger partial charge in [-0.1, -0.05) is 37.6 Å². The zero-order chi connectivity index (χ0) is 46.2. The highest BCUT2D eigenvalue weighted by Gasteiger charge is 2.53. The SMILES string of the molecule is CCNC(=O)C[C@@H]1N=C(c2cccc(OCCOCCOC3CCN(C4CCC(C(=O)NC5CCC(Oc6ccc(C#N)c(Cl)c6)CC5)NN4)CC3)c2)C2C(C)C(C)SC2N2C(C)NNC12. The second-order valence-electron chi connectivity index (χ2n) is 18.6. The Kier molecular flexibility index (Phi) is 17.2. The molecule has 16 nitrogen and oxygen atoms in total. The number of amides is 2. The molecule has 66 heavy (non-hydrogen) atoms. The summed E-state index contributed by atoms with van der Waals surface area (Å²) in [5, 5.41) is 16.4. The van der Waals surface area contributed by atoms with Crippen LogP contribution < -0.4 is 41.8 Å². The summed E-state index contributed by atoms with van der Waals surface area (Å²) in [6.07, 6.45) is 7.74. The number of ether oxygens (including phenoxy) is 4. The molecule has 5 fully saturated rings. The Morgan fingerprint density at radius 1 is 0.909 bits per heavy atom. The number of hydrazine groups is 2. The minimum absolute atomic E-state index is 0.0117. The standard InChI is InChI=1S/C48H69ClN10O6S/c1-5-51-43(60)27-41-46-57-54-31(4)59(46)48-44(29(2)30(3)66-48)45(53-41)32-7-6-8-37(25-32)64-24-22-62-21-23-63-35-17-19-58(20-18-35)42-16-15-40(55-56-42)47(61)52-34-10-13-36(14-11-34)65-38-12-9-33(28-50)39(49)26-38/h6-9,12,25-26,29-31,34-36,40-42,44,46,48,54-57H,5,10-11,13-24,27H2,1-4H3,(H,51,60)(H,52,61)/t29?,30?,31?,34?,36?,40?,41-,42?,44?,46?,48?/m0/s1. The van der Waals surface area contributed by atoms with E-state index in [-0.39, 0.29) is 71.9 Å². The monoisotopic (exact) mass is 948 g/mol. The van der Waals surface area contributed by atoms with Gasteiger partial charge >= 0.3 is 0 Å². The van der Waals surface area contributed by atoms with E-state index < -0.39 is 0 Å². The number of nitrogens with zero attached hydrogens (tertiary/aromatic N) is 4. The van der Waals surface area contributed by atoms with Gasteiger partial charge in [0.05, 0.1) is 78.9 Å². The van der Waals surface area contributed by atoms with Crippen LogP contribution in [0.25, 0.3) is 0 Å². The van der Waals surface area contributed by atoms with Crippen LogP contribution in [0.2, 0.25) is 5.02 Å². The van der Waals surface area contributed by atoms with E-state index in [9.17, 15) is 9.59 Å². The Labute approximate surface area is 399 Å². The molecular weight excluding hydrogens is 880 g/mol. The number of hydrogen-bond acceptors (Lipinski definition) is 15. The van der Waals surface area contributed by atoms with Gasteiger partial charge < -0.3 is 29.6 Å². The Hall–Kier alpha value is -3.54. The van der Waals surface area contributed by atoms with Gasteiger partial charge in [-0.25, -0.2) is 21.7 Å². The van der Waals surface area contributed by atoms with Crippen molar-refractivity contribution >= 4 is 40.9 Å². The van der Waals surface area contributed by atoms with Crippen molar-refractivity contribution in [2.45, 2.75) is 145 Å². The van der Waals surface area contributed by atoms with Crippen LogP contribution in [0, 0.1) is 23.2 Å². The summed E-state index contributed by atoms with van der Waals surface area (Å²) in [6, 6.07) is 15.1. The predicted molar refractivity (Wildman–Crippen MR) is 256 cm³/mol. The van der Waals surface area contributed by atoms with Crippen LogP contribution in [0.1, 0.15) is 96.6 Å². The quantitative estimate of drug-likeness (QED) is 0.120. The number of thioether (sulfide) groups is 1. The number of carbonyl (C=O) groups excluding carboxylic acids is 2. The van der Waals surface area contributed by atoms with Crippen molar-refractivity contribution in [1.29, 1.82) is 5.26 Å². The number of fused-ring (bicyclic) bond motifs is 3. The number of likely N-dealkylation sites (tertiary alicyclic amines) is 1. The van der Waals surface area contributed by atoms with Gasteiger partial charge in [0.15, 0.2) is 0 Å². The third-order valence-electron chi connectivity index (χ3n) is 14.2. The van der Waals surface area contributed by atoms with E-state index in [1.165, 1.54) is 0 Å². The van der Waals surface area contributed by atoms with Crippen molar-refractivity contribution in [3.8, 4) is 17.6 Å². The number of nitrogens with one attached hydrogen (secondary N) is 6. The zero-order valence-electron chi connectivity index (χ0n) is 38.8. The Balaban J connectivity index is 0.708. The van der Waals surface area contributed by atoms with Crippen LogP contribution in [0.5, 0.6) is 11.5 Å². The van der Waals surface area contributed by atoms with Crippen LogP contribution in [0.3, 0.4) is 0 Å². The Bertz CT molecular complexity index is 2020. The average molecular weight is 950 g/mol. The lowest BCUT2D eigenvalue weighted by molar-refractivity contribution is -0.126. The van der Waals surface area contributed by atoms with Gasteiger partial charge in [0.1, 0.15) is 30.2 Å². The van der Waals surface area contributed by atoms with Gasteiger partial charge in [-0.15, -0.1) is 11.8 Å². The molecule has 0 radical (unpaired) electrons. The third kappa shape index (κ3) is 12.0. The van der Waals surface area contributed by atoms with Crippen molar-refractivity contribution < 1.29 is 28.5 Å². The summed E-state index contributed by atoms with van der Waals surface area (Å²) in [4.78, 5) is 36.4. The van der Waals surface area contributed by atoms with E-state index in [0.717, 1.165) is 81.5 Å². The van der Waals surface area contributed by atoms with Crippen molar-refractivity contribution in [2.24, 2.45) is 16.8 Å². The average Bonchev–Trinajstić information content (AvgIpc) is 3.80. The fourth-order valence-electron chi connectivity index (χ4n) is 10.4. The molecule has 6 N–H and O–H groups in total. The molecule has 0 bridgehead atoms. The third-order valence-corrected chi connectivity index (χ3v) is 16.2. The highest BCUT2D eigenvalue weighted by atomic mass is 35.5. The summed E-state index contributed by atoms with van der Waals surface area (Å²) < 4.78 is 24.5. The highest BCUT2D eigenvalue weighted by molar-refractivity contribution is 8.00. The summed E-state index contributed by atoms with van der Waals surface area (Å²) in [7, 11) is 0.